The number of esters is 1. The highest BCUT2D eigenvalue weighted by atomic mass is 16.5. The molecule has 0 aliphatic carbocycles. The zero-order valence-corrected chi connectivity index (χ0v) is 21.1. The number of para-hydroxylation sites is 1. The van der Waals surface area contributed by atoms with Crippen molar-refractivity contribution in [1.29, 1.82) is 0 Å². The van der Waals surface area contributed by atoms with Gasteiger partial charge in [-0.25, -0.2) is 9.78 Å². The summed E-state index contributed by atoms with van der Waals surface area (Å²) in [6, 6.07) is 5.10. The molecular weight excluding hydrogens is 464 g/mol. The van der Waals surface area contributed by atoms with Gasteiger partial charge in [0.05, 0.1) is 31.0 Å². The lowest BCUT2D eigenvalue weighted by atomic mass is 10.1. The average molecular weight is 495 g/mol. The number of nitrogens with zero attached hydrogens (tertiary/aromatic N) is 5. The molecule has 12 nitrogen and oxygen atoms in total. The van der Waals surface area contributed by atoms with Crippen LogP contribution in [0.4, 0.5) is 17.5 Å². The summed E-state index contributed by atoms with van der Waals surface area (Å²) in [7, 11) is 3.19. The van der Waals surface area contributed by atoms with Crippen LogP contribution in [-0.4, -0.2) is 59.2 Å². The minimum Gasteiger partial charge on any atom is -0.494 e. The zero-order chi connectivity index (χ0) is 26.2. The molecule has 0 saturated carbocycles. The van der Waals surface area contributed by atoms with Crippen LogP contribution < -0.4 is 21.1 Å². The molecule has 2 heterocycles. The maximum absolute atomic E-state index is 12.6. The van der Waals surface area contributed by atoms with E-state index in [0.717, 1.165) is 5.57 Å². The topological polar surface area (TPSA) is 163 Å². The number of aryl methyl sites for hydroxylation is 1. The fourth-order valence-electron chi connectivity index (χ4n) is 3.43. The number of rotatable bonds is 10. The molecule has 0 fully saturated rings. The number of carbonyl (C=O) groups is 1. The van der Waals surface area contributed by atoms with E-state index in [4.69, 9.17) is 19.6 Å². The van der Waals surface area contributed by atoms with E-state index in [9.17, 15) is 4.79 Å². The Morgan fingerprint density at radius 2 is 2.11 bits per heavy atom. The first kappa shape index (κ1) is 26.1. The summed E-state index contributed by atoms with van der Waals surface area (Å²) < 4.78 is 16.4. The van der Waals surface area contributed by atoms with Gasteiger partial charge in [0.15, 0.2) is 11.6 Å². The molecule has 0 saturated heterocycles. The maximum Gasteiger partial charge on any atom is 0.343 e. The highest BCUT2D eigenvalue weighted by Crippen LogP contribution is 2.37. The van der Waals surface area contributed by atoms with E-state index in [0.29, 0.717) is 34.5 Å². The van der Waals surface area contributed by atoms with Crippen LogP contribution in [0.5, 0.6) is 5.75 Å². The number of allylic oxidation sites excluding steroid dienone is 1. The number of hydrogen-bond acceptors (Lipinski definition) is 12. The smallest absolute Gasteiger partial charge is 0.343 e. The quantitative estimate of drug-likeness (QED) is 0.279. The predicted octanol–water partition coefficient (Wildman–Crippen LogP) is 3.50. The summed E-state index contributed by atoms with van der Waals surface area (Å²) in [6.45, 7) is 7.32. The molecule has 3 aromatic rings. The van der Waals surface area contributed by atoms with Crippen LogP contribution >= 0.6 is 0 Å². The second-order valence-electron chi connectivity index (χ2n) is 7.71. The molecule has 1 atom stereocenters. The average Bonchev–Trinajstić information content (AvgIpc) is 3.28. The molecule has 0 spiro atoms. The molecule has 1 unspecified atom stereocenters. The van der Waals surface area contributed by atoms with Crippen molar-refractivity contribution in [3.05, 3.63) is 47.1 Å². The van der Waals surface area contributed by atoms with Gasteiger partial charge in [0, 0.05) is 37.7 Å². The number of ether oxygens (including phenoxy) is 2. The monoisotopic (exact) mass is 494 g/mol. The summed E-state index contributed by atoms with van der Waals surface area (Å²) in [5.41, 5.74) is 8.65. The van der Waals surface area contributed by atoms with Crippen molar-refractivity contribution in [2.75, 3.05) is 31.4 Å². The molecule has 2 aromatic heterocycles. The van der Waals surface area contributed by atoms with Crippen molar-refractivity contribution < 1.29 is 18.7 Å². The van der Waals surface area contributed by atoms with E-state index < -0.39 is 5.97 Å². The first-order chi connectivity index (χ1) is 17.3. The largest absolute Gasteiger partial charge is 0.494 e. The molecule has 190 valence electrons. The van der Waals surface area contributed by atoms with E-state index in [2.05, 4.69) is 35.8 Å². The second kappa shape index (κ2) is 11.8. The maximum atomic E-state index is 12.6. The normalized spacial score (nSPS) is 12.7. The van der Waals surface area contributed by atoms with Gasteiger partial charge in [0.1, 0.15) is 5.56 Å². The number of nitrogens with two attached hydrogens (primary N) is 1. The van der Waals surface area contributed by atoms with Gasteiger partial charge in [0.2, 0.25) is 11.8 Å². The SMILES string of the molecule is CCOC(=O)c1cnc(NC(C)C(C=NC)=C(C)N)nc1Nc1cccc(-c2nnc(C)o2)c1OC. The van der Waals surface area contributed by atoms with Crippen molar-refractivity contribution in [2.45, 2.75) is 33.7 Å². The zero-order valence-electron chi connectivity index (χ0n) is 21.1. The van der Waals surface area contributed by atoms with Crippen LogP contribution in [0.3, 0.4) is 0 Å². The van der Waals surface area contributed by atoms with Crippen LogP contribution in [0.1, 0.15) is 37.0 Å². The molecule has 12 heteroatoms. The van der Waals surface area contributed by atoms with Gasteiger partial charge in [-0.3, -0.25) is 4.99 Å². The molecule has 0 amide bonds. The molecule has 0 aliphatic heterocycles. The highest BCUT2D eigenvalue weighted by molar-refractivity contribution is 5.96. The Morgan fingerprint density at radius 1 is 1.33 bits per heavy atom. The number of methoxy groups -OCH3 is 1. The molecular formula is C24H30N8O4. The Labute approximate surface area is 209 Å². The Kier molecular flexibility index (Phi) is 8.55. The third kappa shape index (κ3) is 5.95. The Balaban J connectivity index is 2.03. The molecule has 1 aromatic carbocycles. The summed E-state index contributed by atoms with van der Waals surface area (Å²) >= 11 is 0. The molecule has 4 N–H and O–H groups in total. The van der Waals surface area contributed by atoms with E-state index >= 15 is 0 Å². The third-order valence-corrected chi connectivity index (χ3v) is 5.05. The van der Waals surface area contributed by atoms with Gasteiger partial charge in [-0.1, -0.05) is 6.07 Å². The summed E-state index contributed by atoms with van der Waals surface area (Å²) in [5, 5.41) is 14.3. The molecule has 3 rings (SSSR count). The number of aromatic nitrogens is 4. The number of anilines is 3. The van der Waals surface area contributed by atoms with Crippen LogP contribution in [-0.2, 0) is 4.74 Å². The van der Waals surface area contributed by atoms with E-state index in [1.54, 1.807) is 52.2 Å². The Morgan fingerprint density at radius 3 is 2.72 bits per heavy atom. The minimum absolute atomic E-state index is 0.150. The number of nitrogens with one attached hydrogen (secondary N) is 2. The van der Waals surface area contributed by atoms with Crippen molar-refractivity contribution in [3.8, 4) is 17.2 Å². The van der Waals surface area contributed by atoms with Gasteiger partial charge in [-0.05, 0) is 32.9 Å². The minimum atomic E-state index is -0.571. The van der Waals surface area contributed by atoms with Crippen molar-refractivity contribution in [2.24, 2.45) is 10.7 Å². The van der Waals surface area contributed by atoms with Crippen molar-refractivity contribution in [3.63, 3.8) is 0 Å². The lowest BCUT2D eigenvalue weighted by Crippen LogP contribution is -2.24. The number of benzene rings is 1. The number of carbonyl (C=O) groups excluding carboxylic acids is 1. The highest BCUT2D eigenvalue weighted by Gasteiger charge is 2.21. The summed E-state index contributed by atoms with van der Waals surface area (Å²) in [4.78, 5) is 25.6. The molecule has 36 heavy (non-hydrogen) atoms. The molecule has 0 aliphatic rings. The fraction of sp³-hybridized carbons (Fsp3) is 0.333. The van der Waals surface area contributed by atoms with Crippen molar-refractivity contribution >= 4 is 29.6 Å². The van der Waals surface area contributed by atoms with E-state index in [1.165, 1.54) is 13.3 Å². The first-order valence-corrected chi connectivity index (χ1v) is 11.2. The van der Waals surface area contributed by atoms with E-state index in [1.807, 2.05) is 6.92 Å². The Hall–Kier alpha value is -4.48. The molecule has 0 radical (unpaired) electrons. The van der Waals surface area contributed by atoms with E-state index in [-0.39, 0.29) is 30.0 Å². The van der Waals surface area contributed by atoms with Gasteiger partial charge < -0.3 is 30.3 Å². The van der Waals surface area contributed by atoms with Gasteiger partial charge >= 0.3 is 5.97 Å². The predicted molar refractivity (Wildman–Crippen MR) is 137 cm³/mol. The van der Waals surface area contributed by atoms with Crippen LogP contribution in [0.15, 0.2) is 45.1 Å². The van der Waals surface area contributed by atoms with Crippen LogP contribution in [0.25, 0.3) is 11.5 Å². The number of aliphatic imine (C=N–C) groups is 1. The molecule has 0 bridgehead atoms. The fourth-order valence-corrected chi connectivity index (χ4v) is 3.43. The van der Waals surface area contributed by atoms with Gasteiger partial charge in [-0.2, -0.15) is 4.98 Å². The van der Waals surface area contributed by atoms with Crippen molar-refractivity contribution in [1.82, 2.24) is 20.2 Å². The first-order valence-electron chi connectivity index (χ1n) is 11.2. The van der Waals surface area contributed by atoms with Gasteiger partial charge in [0.25, 0.3) is 5.89 Å². The summed E-state index contributed by atoms with van der Waals surface area (Å²) in [5.74, 6) is 1.06. The van der Waals surface area contributed by atoms with Gasteiger partial charge in [-0.15, -0.1) is 10.2 Å². The number of hydrogen-bond donors (Lipinski definition) is 3. The Bertz CT molecular complexity index is 1280. The summed E-state index contributed by atoms with van der Waals surface area (Å²) in [6.07, 6.45) is 3.07. The van der Waals surface area contributed by atoms with Crippen LogP contribution in [0.2, 0.25) is 0 Å². The lowest BCUT2D eigenvalue weighted by Gasteiger charge is -2.18. The standard InChI is InChI=1S/C24H30N8O4/c1-7-35-23(33)18-12-27-24(28-14(3)17(11-26-5)13(2)25)30-21(18)29-19-10-8-9-16(20(19)34-6)22-32-31-15(4)36-22/h8-12,14H,7,25H2,1-6H3,(H2,27,28,29,30). The third-order valence-electron chi connectivity index (χ3n) is 5.05. The second-order valence-corrected chi connectivity index (χ2v) is 7.71. The van der Waals surface area contributed by atoms with Crippen LogP contribution in [0, 0.1) is 6.92 Å². The lowest BCUT2D eigenvalue weighted by molar-refractivity contribution is 0.0526.